The Morgan fingerprint density at radius 2 is 2.05 bits per heavy atom. The van der Waals surface area contributed by atoms with E-state index in [-0.39, 0.29) is 12.6 Å². The summed E-state index contributed by atoms with van der Waals surface area (Å²) in [5.41, 5.74) is 1.41. The van der Waals surface area contributed by atoms with Crippen molar-refractivity contribution in [1.29, 1.82) is 0 Å². The number of hydrogen-bond donors (Lipinski definition) is 2. The van der Waals surface area contributed by atoms with Crippen molar-refractivity contribution in [2.45, 2.75) is 6.92 Å². The van der Waals surface area contributed by atoms with Gasteiger partial charge in [0.15, 0.2) is 0 Å². The predicted molar refractivity (Wildman–Crippen MR) is 80.4 cm³/mol. The maximum Gasteiger partial charge on any atom is 0.321 e. The Morgan fingerprint density at radius 1 is 1.36 bits per heavy atom. The molecule has 1 atom stereocenters. The van der Waals surface area contributed by atoms with Crippen LogP contribution in [-0.2, 0) is 4.79 Å². The number of aromatic nitrogens is 1. The Morgan fingerprint density at radius 3 is 2.59 bits per heavy atom. The fourth-order valence-corrected chi connectivity index (χ4v) is 1.85. The zero-order chi connectivity index (χ0) is 16.1. The van der Waals surface area contributed by atoms with Crippen LogP contribution in [-0.4, -0.2) is 40.6 Å². The van der Waals surface area contributed by atoms with E-state index in [0.29, 0.717) is 11.6 Å². The minimum Gasteiger partial charge on any atom is -0.481 e. The minimum atomic E-state index is -0.935. The molecule has 0 bridgehead atoms. The summed E-state index contributed by atoms with van der Waals surface area (Å²) < 4.78 is 5.18. The quantitative estimate of drug-likeness (QED) is 0.885. The van der Waals surface area contributed by atoms with Crippen LogP contribution in [0.3, 0.4) is 0 Å². The molecule has 2 aromatic rings. The van der Waals surface area contributed by atoms with Crippen LogP contribution < -0.4 is 5.32 Å². The lowest BCUT2D eigenvalue weighted by Crippen LogP contribution is -2.36. The van der Waals surface area contributed by atoms with Gasteiger partial charge in [0, 0.05) is 24.8 Å². The number of anilines is 1. The van der Waals surface area contributed by atoms with Gasteiger partial charge >= 0.3 is 12.0 Å². The number of benzene rings is 1. The van der Waals surface area contributed by atoms with E-state index in [1.165, 1.54) is 11.2 Å². The number of carbonyl (C=O) groups is 2. The first kappa shape index (κ1) is 15.6. The normalized spacial score (nSPS) is 11.7. The summed E-state index contributed by atoms with van der Waals surface area (Å²) in [5.74, 6) is -1.05. The summed E-state index contributed by atoms with van der Waals surface area (Å²) >= 11 is 0. The second-order valence-corrected chi connectivity index (χ2v) is 4.96. The van der Waals surface area contributed by atoms with Crippen LogP contribution in [0.2, 0.25) is 0 Å². The number of oxazole rings is 1. The molecule has 2 rings (SSSR count). The molecule has 7 heteroatoms. The number of carboxylic acid groups (broad SMARTS) is 1. The number of rotatable bonds is 5. The molecule has 0 saturated carbocycles. The highest BCUT2D eigenvalue weighted by Gasteiger charge is 2.17. The van der Waals surface area contributed by atoms with Crippen molar-refractivity contribution in [2.24, 2.45) is 5.92 Å². The van der Waals surface area contributed by atoms with Crippen molar-refractivity contribution in [1.82, 2.24) is 9.88 Å². The molecule has 1 heterocycles. The molecule has 0 saturated heterocycles. The molecular weight excluding hydrogens is 286 g/mol. The standard InChI is InChI=1S/C15H17N3O4/c1-10(14(19)20)9-18(2)15(21)17-12-5-3-11(4-6-12)13-16-7-8-22-13/h3-8,10H,9H2,1-2H3,(H,17,21)(H,19,20). The Labute approximate surface area is 127 Å². The van der Waals surface area contributed by atoms with E-state index in [9.17, 15) is 9.59 Å². The third-order valence-corrected chi connectivity index (χ3v) is 3.13. The molecule has 22 heavy (non-hydrogen) atoms. The molecular formula is C15H17N3O4. The van der Waals surface area contributed by atoms with Crippen LogP contribution in [0.25, 0.3) is 11.5 Å². The summed E-state index contributed by atoms with van der Waals surface area (Å²) in [6.07, 6.45) is 3.05. The van der Waals surface area contributed by atoms with Gasteiger partial charge in [-0.2, -0.15) is 0 Å². The van der Waals surface area contributed by atoms with Crippen LogP contribution in [0.15, 0.2) is 41.1 Å². The van der Waals surface area contributed by atoms with Crippen molar-refractivity contribution >= 4 is 17.7 Å². The number of hydrogen-bond acceptors (Lipinski definition) is 4. The average Bonchev–Trinajstić information content (AvgIpc) is 3.02. The molecule has 0 radical (unpaired) electrons. The second-order valence-electron chi connectivity index (χ2n) is 4.96. The van der Waals surface area contributed by atoms with Gasteiger partial charge in [-0.05, 0) is 24.3 Å². The van der Waals surface area contributed by atoms with Gasteiger partial charge in [-0.3, -0.25) is 4.79 Å². The average molecular weight is 303 g/mol. The van der Waals surface area contributed by atoms with E-state index in [1.807, 2.05) is 0 Å². The Balaban J connectivity index is 1.95. The first-order valence-electron chi connectivity index (χ1n) is 6.72. The molecule has 0 aliphatic rings. The molecule has 116 valence electrons. The third-order valence-electron chi connectivity index (χ3n) is 3.13. The van der Waals surface area contributed by atoms with E-state index in [4.69, 9.17) is 9.52 Å². The number of nitrogens with zero attached hydrogens (tertiary/aromatic N) is 2. The second kappa shape index (κ2) is 6.75. The van der Waals surface area contributed by atoms with Crippen molar-refractivity contribution < 1.29 is 19.1 Å². The first-order valence-corrected chi connectivity index (χ1v) is 6.72. The van der Waals surface area contributed by atoms with E-state index >= 15 is 0 Å². The van der Waals surface area contributed by atoms with E-state index < -0.39 is 11.9 Å². The fourth-order valence-electron chi connectivity index (χ4n) is 1.85. The molecule has 0 aliphatic carbocycles. The number of carbonyl (C=O) groups excluding carboxylic acids is 1. The predicted octanol–water partition coefficient (Wildman–Crippen LogP) is 2.53. The van der Waals surface area contributed by atoms with Crippen LogP contribution in [0, 0.1) is 5.92 Å². The highest BCUT2D eigenvalue weighted by Crippen LogP contribution is 2.19. The summed E-state index contributed by atoms with van der Waals surface area (Å²) in [5, 5.41) is 11.6. The third kappa shape index (κ3) is 3.85. The monoisotopic (exact) mass is 303 g/mol. The largest absolute Gasteiger partial charge is 0.481 e. The SMILES string of the molecule is CC(CN(C)C(=O)Nc1ccc(-c2ncco2)cc1)C(=O)O. The number of urea groups is 1. The van der Waals surface area contributed by atoms with Gasteiger partial charge in [-0.1, -0.05) is 6.92 Å². The van der Waals surface area contributed by atoms with Gasteiger partial charge in [0.05, 0.1) is 12.1 Å². The summed E-state index contributed by atoms with van der Waals surface area (Å²) in [4.78, 5) is 28.1. The zero-order valence-corrected chi connectivity index (χ0v) is 12.3. The molecule has 1 aromatic heterocycles. The van der Waals surface area contributed by atoms with Crippen molar-refractivity contribution in [3.8, 4) is 11.5 Å². The molecule has 7 nitrogen and oxygen atoms in total. The highest BCUT2D eigenvalue weighted by atomic mass is 16.4. The summed E-state index contributed by atoms with van der Waals surface area (Å²) in [6, 6.07) is 6.65. The minimum absolute atomic E-state index is 0.134. The topological polar surface area (TPSA) is 95.7 Å². The van der Waals surface area contributed by atoms with Crippen molar-refractivity contribution in [3.05, 3.63) is 36.7 Å². The van der Waals surface area contributed by atoms with Crippen molar-refractivity contribution in [3.63, 3.8) is 0 Å². The van der Waals surface area contributed by atoms with Crippen molar-refractivity contribution in [2.75, 3.05) is 18.9 Å². The molecule has 2 N–H and O–H groups in total. The van der Waals surface area contributed by atoms with Gasteiger partial charge in [0.1, 0.15) is 6.26 Å². The summed E-state index contributed by atoms with van der Waals surface area (Å²) in [7, 11) is 1.55. The van der Waals surface area contributed by atoms with Crippen LogP contribution >= 0.6 is 0 Å². The summed E-state index contributed by atoms with van der Waals surface area (Å²) in [6.45, 7) is 1.69. The lowest BCUT2D eigenvalue weighted by atomic mass is 10.2. The molecule has 1 aromatic carbocycles. The van der Waals surface area contributed by atoms with Crippen LogP contribution in [0.5, 0.6) is 0 Å². The van der Waals surface area contributed by atoms with Gasteiger partial charge in [-0.25, -0.2) is 9.78 Å². The number of carboxylic acids is 1. The Bertz CT molecular complexity index is 637. The highest BCUT2D eigenvalue weighted by molar-refractivity contribution is 5.89. The molecule has 0 fully saturated rings. The van der Waals surface area contributed by atoms with E-state index in [1.54, 1.807) is 44.4 Å². The number of amides is 2. The number of nitrogens with one attached hydrogen (secondary N) is 1. The van der Waals surface area contributed by atoms with E-state index in [0.717, 1.165) is 5.56 Å². The maximum absolute atomic E-state index is 12.0. The van der Waals surface area contributed by atoms with Crippen LogP contribution in [0.4, 0.5) is 10.5 Å². The lowest BCUT2D eigenvalue weighted by Gasteiger charge is -2.20. The molecule has 2 amide bonds. The van der Waals surface area contributed by atoms with E-state index in [2.05, 4.69) is 10.3 Å². The first-order chi connectivity index (χ1) is 10.5. The van der Waals surface area contributed by atoms with Gasteiger partial charge in [-0.15, -0.1) is 0 Å². The maximum atomic E-state index is 12.0. The Kier molecular flexibility index (Phi) is 4.77. The van der Waals surface area contributed by atoms with Gasteiger partial charge in [0.2, 0.25) is 5.89 Å². The lowest BCUT2D eigenvalue weighted by molar-refractivity contribution is -0.141. The fraction of sp³-hybridized carbons (Fsp3) is 0.267. The van der Waals surface area contributed by atoms with Gasteiger partial charge in [0.25, 0.3) is 0 Å². The number of aliphatic carboxylic acids is 1. The van der Waals surface area contributed by atoms with Gasteiger partial charge < -0.3 is 19.7 Å². The smallest absolute Gasteiger partial charge is 0.321 e. The molecule has 0 aliphatic heterocycles. The molecule has 0 spiro atoms. The molecule has 1 unspecified atom stereocenters. The van der Waals surface area contributed by atoms with Crippen LogP contribution in [0.1, 0.15) is 6.92 Å². The zero-order valence-electron chi connectivity index (χ0n) is 12.3. The Hall–Kier alpha value is -2.83.